The van der Waals surface area contributed by atoms with Gasteiger partial charge in [0.2, 0.25) is 11.2 Å². The molecule has 108 valence electrons. The monoisotopic (exact) mass is 383 g/mol. The summed E-state index contributed by atoms with van der Waals surface area (Å²) in [5, 5.41) is 0. The van der Waals surface area contributed by atoms with E-state index in [1.54, 1.807) is 0 Å². The van der Waals surface area contributed by atoms with Gasteiger partial charge in [-0.2, -0.15) is 0 Å². The Morgan fingerprint density at radius 2 is 1.44 bits per heavy atom. The van der Waals surface area contributed by atoms with Crippen LogP contribution in [0, 0.1) is 0 Å². The summed E-state index contributed by atoms with van der Waals surface area (Å²) in [6.45, 7) is 10.4. The van der Waals surface area contributed by atoms with Gasteiger partial charge in [-0.3, -0.25) is 0 Å². The van der Waals surface area contributed by atoms with Gasteiger partial charge < -0.3 is 0 Å². The molecular weight excluding hydrogens is 351 g/mol. The zero-order chi connectivity index (χ0) is 14.2. The van der Waals surface area contributed by atoms with E-state index >= 15 is 0 Å². The molecule has 0 bridgehead atoms. The summed E-state index contributed by atoms with van der Waals surface area (Å²) in [6.07, 6.45) is 4.69. The molecule has 0 saturated heterocycles. The van der Waals surface area contributed by atoms with Gasteiger partial charge in [0.1, 0.15) is 0 Å². The SMILES string of the molecule is CCCC[S+](CCCC)OC(C)=O.C[CH2][Sn][CH2]C. The first-order valence-corrected chi connectivity index (χ1v) is 12.7. The van der Waals surface area contributed by atoms with E-state index in [9.17, 15) is 4.79 Å². The van der Waals surface area contributed by atoms with Crippen molar-refractivity contribution in [2.24, 2.45) is 0 Å². The number of hydrogen-bond donors (Lipinski definition) is 0. The topological polar surface area (TPSA) is 26.3 Å². The van der Waals surface area contributed by atoms with Crippen molar-refractivity contribution in [3.05, 3.63) is 0 Å². The first kappa shape index (κ1) is 20.9. The van der Waals surface area contributed by atoms with Crippen molar-refractivity contribution in [3.63, 3.8) is 0 Å². The summed E-state index contributed by atoms with van der Waals surface area (Å²) in [5.41, 5.74) is 0. The second kappa shape index (κ2) is 17.6. The molecule has 0 aliphatic carbocycles. The summed E-state index contributed by atoms with van der Waals surface area (Å²) >= 11 is 0.114. The molecule has 0 spiro atoms. The summed E-state index contributed by atoms with van der Waals surface area (Å²) in [5.74, 6) is 1.97. The average Bonchev–Trinajstić information content (AvgIpc) is 2.34. The third-order valence-electron chi connectivity index (χ3n) is 2.19. The van der Waals surface area contributed by atoms with Gasteiger partial charge >= 0.3 is 49.8 Å². The van der Waals surface area contributed by atoms with Crippen LogP contribution in [0.1, 0.15) is 60.3 Å². The molecule has 0 rings (SSSR count). The number of hydrogen-bond acceptors (Lipinski definition) is 2. The first-order chi connectivity index (χ1) is 8.62. The van der Waals surface area contributed by atoms with Crippen LogP contribution < -0.4 is 0 Å². The van der Waals surface area contributed by atoms with E-state index in [2.05, 4.69) is 27.7 Å². The number of rotatable bonds is 9. The van der Waals surface area contributed by atoms with Crippen LogP contribution in [-0.4, -0.2) is 38.6 Å². The molecule has 0 heterocycles. The van der Waals surface area contributed by atoms with Crippen LogP contribution in [0.4, 0.5) is 0 Å². The molecule has 0 aromatic heterocycles. The van der Waals surface area contributed by atoms with E-state index in [1.165, 1.54) is 41.5 Å². The Kier molecular flexibility index (Phi) is 20.5. The Hall–Kier alpha value is 0.619. The molecular formula is C14H31O2SSn+. The van der Waals surface area contributed by atoms with Gasteiger partial charge in [-0.1, -0.05) is 26.7 Å². The van der Waals surface area contributed by atoms with Crippen LogP contribution in [0.5, 0.6) is 0 Å². The zero-order valence-electron chi connectivity index (χ0n) is 12.9. The molecule has 0 aliphatic heterocycles. The minimum absolute atomic E-state index is 0.104. The van der Waals surface area contributed by atoms with Gasteiger partial charge in [-0.05, 0) is 12.8 Å². The summed E-state index contributed by atoms with van der Waals surface area (Å²) in [6, 6.07) is 0. The third kappa shape index (κ3) is 19.0. The summed E-state index contributed by atoms with van der Waals surface area (Å²) < 4.78 is 8.27. The number of carbonyl (C=O) groups is 1. The predicted octanol–water partition coefficient (Wildman–Crippen LogP) is 4.25. The Balaban J connectivity index is 0. The van der Waals surface area contributed by atoms with Crippen LogP contribution in [0.2, 0.25) is 8.87 Å². The molecule has 0 aromatic rings. The van der Waals surface area contributed by atoms with E-state index in [0.29, 0.717) is 0 Å². The van der Waals surface area contributed by atoms with Crippen LogP contribution in [0.15, 0.2) is 0 Å². The molecule has 0 N–H and O–H groups in total. The fourth-order valence-electron chi connectivity index (χ4n) is 1.21. The molecule has 2 nitrogen and oxygen atoms in total. The fraction of sp³-hybridized carbons (Fsp3) is 0.929. The van der Waals surface area contributed by atoms with Crippen LogP contribution in [-0.2, 0) is 20.2 Å². The standard InChI is InChI=1S/C10H21O2S.2C2H5.Sn/c1-4-6-8-13(9-7-5-2)12-10(3)11;2*1-2;/h4-9H2,1-3H3;2*1H2,2H3;/q+1;;;. The Morgan fingerprint density at radius 3 is 1.67 bits per heavy atom. The van der Waals surface area contributed by atoms with Gasteiger partial charge in [0.15, 0.2) is 11.5 Å². The minimum atomic E-state index is -0.129. The first-order valence-electron chi connectivity index (χ1n) is 7.19. The molecule has 0 amide bonds. The Bertz CT molecular complexity index is 167. The maximum absolute atomic E-state index is 10.8. The van der Waals surface area contributed by atoms with Gasteiger partial charge in [0, 0.05) is 6.92 Å². The maximum atomic E-state index is 10.8. The average molecular weight is 382 g/mol. The molecule has 18 heavy (non-hydrogen) atoms. The Labute approximate surface area is 127 Å². The van der Waals surface area contributed by atoms with Gasteiger partial charge in [0.25, 0.3) is 0 Å². The van der Waals surface area contributed by atoms with Gasteiger partial charge in [-0.25, -0.2) is 8.98 Å². The summed E-state index contributed by atoms with van der Waals surface area (Å²) in [7, 11) is 0. The molecule has 0 aliphatic rings. The third-order valence-corrected chi connectivity index (χ3v) is 7.00. The van der Waals surface area contributed by atoms with Crippen molar-refractivity contribution in [3.8, 4) is 0 Å². The molecule has 0 saturated carbocycles. The fourth-order valence-corrected chi connectivity index (χ4v) is 4.56. The van der Waals surface area contributed by atoms with Crippen molar-refractivity contribution in [1.82, 2.24) is 0 Å². The van der Waals surface area contributed by atoms with Gasteiger partial charge in [0.05, 0.1) is 0 Å². The van der Waals surface area contributed by atoms with Crippen molar-refractivity contribution in [2.45, 2.75) is 69.2 Å². The molecule has 4 heteroatoms. The zero-order valence-corrected chi connectivity index (χ0v) is 16.6. The Morgan fingerprint density at radius 1 is 1.00 bits per heavy atom. The normalized spacial score (nSPS) is 9.89. The van der Waals surface area contributed by atoms with Crippen LogP contribution >= 0.6 is 0 Å². The quantitative estimate of drug-likeness (QED) is 0.440. The van der Waals surface area contributed by atoms with Crippen molar-refractivity contribution in [2.75, 3.05) is 11.5 Å². The second-order valence-corrected chi connectivity index (χ2v) is 11.4. The van der Waals surface area contributed by atoms with E-state index in [1.807, 2.05) is 0 Å². The van der Waals surface area contributed by atoms with Crippen LogP contribution in [0.3, 0.4) is 0 Å². The van der Waals surface area contributed by atoms with Crippen molar-refractivity contribution < 1.29 is 8.98 Å². The molecule has 2 radical (unpaired) electrons. The van der Waals surface area contributed by atoms with Crippen LogP contribution in [0.25, 0.3) is 0 Å². The summed E-state index contributed by atoms with van der Waals surface area (Å²) in [4.78, 5) is 10.8. The van der Waals surface area contributed by atoms with Crippen molar-refractivity contribution >= 4 is 38.3 Å². The van der Waals surface area contributed by atoms with E-state index in [4.69, 9.17) is 4.18 Å². The number of unbranched alkanes of at least 4 members (excludes halogenated alkanes) is 2. The number of carbonyl (C=O) groups excluding carboxylic acids is 1. The molecule has 0 fully saturated rings. The van der Waals surface area contributed by atoms with Gasteiger partial charge in [-0.15, -0.1) is 0 Å². The molecule has 0 aromatic carbocycles. The predicted molar refractivity (Wildman–Crippen MR) is 85.4 cm³/mol. The van der Waals surface area contributed by atoms with E-state index < -0.39 is 0 Å². The van der Waals surface area contributed by atoms with E-state index in [-0.39, 0.29) is 38.3 Å². The van der Waals surface area contributed by atoms with E-state index in [0.717, 1.165) is 11.5 Å². The molecule has 0 atom stereocenters. The second-order valence-electron chi connectivity index (χ2n) is 4.09. The molecule has 0 unspecified atom stereocenters. The van der Waals surface area contributed by atoms with Crippen molar-refractivity contribution in [1.29, 1.82) is 0 Å².